The first-order valence-electron chi connectivity index (χ1n) is 6.99. The fourth-order valence-corrected chi connectivity index (χ4v) is 2.13. The minimum absolute atomic E-state index is 0. The fraction of sp³-hybridized carbons (Fsp3) is 0.714. The molecule has 0 amide bonds. The van der Waals surface area contributed by atoms with Crippen molar-refractivity contribution in [1.82, 2.24) is 0 Å². The summed E-state index contributed by atoms with van der Waals surface area (Å²) in [6, 6.07) is 0. The van der Waals surface area contributed by atoms with E-state index in [2.05, 4.69) is 4.74 Å². The predicted octanol–water partition coefficient (Wildman–Crippen LogP) is -1.93. The van der Waals surface area contributed by atoms with E-state index in [1.54, 1.807) is 20.8 Å². The molecule has 8 nitrogen and oxygen atoms in total. The normalized spacial score (nSPS) is 13.4. The van der Waals surface area contributed by atoms with Gasteiger partial charge in [-0.2, -0.15) is 0 Å². The first-order chi connectivity index (χ1) is 10.1. The van der Waals surface area contributed by atoms with Gasteiger partial charge in [0.2, 0.25) is 0 Å². The van der Waals surface area contributed by atoms with Crippen molar-refractivity contribution in [3.8, 4) is 0 Å². The van der Waals surface area contributed by atoms with Gasteiger partial charge in [-0.25, -0.2) is 4.79 Å². The third-order valence-corrected chi connectivity index (χ3v) is 3.95. The minimum atomic E-state index is -2.81. The van der Waals surface area contributed by atoms with Gasteiger partial charge in [0.15, 0.2) is 5.60 Å². The monoisotopic (exact) mass is 342 g/mol. The third kappa shape index (κ3) is 6.58. The molecule has 0 aliphatic heterocycles. The van der Waals surface area contributed by atoms with Crippen LogP contribution in [0.5, 0.6) is 0 Å². The first kappa shape index (κ1) is 24.3. The summed E-state index contributed by atoms with van der Waals surface area (Å²) in [5.74, 6) is -5.52. The van der Waals surface area contributed by atoms with Crippen LogP contribution in [0.3, 0.4) is 0 Å². The molecule has 0 fully saturated rings. The molecule has 0 heterocycles. The summed E-state index contributed by atoms with van der Waals surface area (Å²) in [5, 5.41) is 27.2. The number of carbonyl (C=O) groups excluding carboxylic acids is 2. The second kappa shape index (κ2) is 10.0. The van der Waals surface area contributed by atoms with Gasteiger partial charge in [-0.3, -0.25) is 14.4 Å². The maximum atomic E-state index is 12.1. The number of esters is 2. The van der Waals surface area contributed by atoms with Crippen molar-refractivity contribution < 1.29 is 70.2 Å². The number of aliphatic carboxylic acids is 2. The third-order valence-electron chi connectivity index (χ3n) is 3.95. The Labute approximate surface area is 158 Å². The molecular weight excluding hydrogens is 319 g/mol. The molecule has 0 saturated heterocycles. The summed E-state index contributed by atoms with van der Waals surface area (Å²) in [6.45, 7) is 5.28. The number of carboxylic acid groups (broad SMARTS) is 2. The molecule has 3 N–H and O–H groups in total. The van der Waals surface area contributed by atoms with Crippen LogP contribution < -0.4 is 29.6 Å². The van der Waals surface area contributed by atoms with Crippen LogP contribution in [-0.4, -0.2) is 44.8 Å². The molecule has 0 aromatic carbocycles. The van der Waals surface area contributed by atoms with E-state index in [1.165, 1.54) is 0 Å². The van der Waals surface area contributed by atoms with Crippen LogP contribution in [0.15, 0.2) is 0 Å². The molecular formula is C14H23NaO8. The number of hydrogen-bond acceptors (Lipinski definition) is 6. The molecule has 0 aliphatic rings. The van der Waals surface area contributed by atoms with Crippen molar-refractivity contribution in [2.24, 2.45) is 5.41 Å². The average molecular weight is 342 g/mol. The summed E-state index contributed by atoms with van der Waals surface area (Å²) in [7, 11) is 0. The number of aliphatic hydroxyl groups is 1. The molecule has 0 saturated carbocycles. The van der Waals surface area contributed by atoms with Crippen LogP contribution in [0.25, 0.3) is 0 Å². The Bertz CT molecular complexity index is 455. The Morgan fingerprint density at radius 2 is 1.39 bits per heavy atom. The standard InChI is InChI=1S/C14H22O8.Na.H/c1-4-13(5-2,6-3)12(20)22-10(17)8-14(21,11(18)19)7-9(15)16;;/h21H,4-8H2,1-3H3,(H,15,16)(H,18,19);;/q;+1;-1. The van der Waals surface area contributed by atoms with Gasteiger partial charge in [-0.05, 0) is 19.3 Å². The van der Waals surface area contributed by atoms with Crippen molar-refractivity contribution in [3.05, 3.63) is 0 Å². The van der Waals surface area contributed by atoms with E-state index in [-0.39, 0.29) is 31.0 Å². The predicted molar refractivity (Wildman–Crippen MR) is 75.0 cm³/mol. The average Bonchev–Trinajstić information content (AvgIpc) is 2.39. The van der Waals surface area contributed by atoms with E-state index in [9.17, 15) is 24.3 Å². The summed E-state index contributed by atoms with van der Waals surface area (Å²) < 4.78 is 4.62. The molecule has 9 heteroatoms. The van der Waals surface area contributed by atoms with Gasteiger partial charge < -0.3 is 21.5 Å². The number of hydrogen-bond donors (Lipinski definition) is 3. The van der Waals surface area contributed by atoms with Crippen molar-refractivity contribution >= 4 is 23.9 Å². The molecule has 1 unspecified atom stereocenters. The van der Waals surface area contributed by atoms with Gasteiger partial charge in [0, 0.05) is 0 Å². The van der Waals surface area contributed by atoms with Crippen molar-refractivity contribution in [3.63, 3.8) is 0 Å². The molecule has 128 valence electrons. The maximum absolute atomic E-state index is 12.1. The zero-order chi connectivity index (χ0) is 17.6. The van der Waals surface area contributed by atoms with Gasteiger partial charge in [0.05, 0.1) is 18.3 Å². The van der Waals surface area contributed by atoms with Crippen LogP contribution in [-0.2, 0) is 23.9 Å². The largest absolute Gasteiger partial charge is 1.00 e. The SMILES string of the molecule is CCC(CC)(CC)C(=O)OC(=O)CC(O)(CC(=O)O)C(=O)O.[H-].[Na+]. The summed E-state index contributed by atoms with van der Waals surface area (Å²) >= 11 is 0. The Morgan fingerprint density at radius 3 is 1.70 bits per heavy atom. The molecule has 0 aliphatic carbocycles. The number of carbonyl (C=O) groups is 4. The molecule has 1 atom stereocenters. The number of carboxylic acids is 2. The van der Waals surface area contributed by atoms with Gasteiger partial charge in [-0.15, -0.1) is 0 Å². The number of rotatable bonds is 9. The maximum Gasteiger partial charge on any atom is 1.00 e. The first-order valence-corrected chi connectivity index (χ1v) is 6.99. The van der Waals surface area contributed by atoms with Crippen LogP contribution >= 0.6 is 0 Å². The Hall–Kier alpha value is -0.960. The van der Waals surface area contributed by atoms with Crippen LogP contribution in [0.2, 0.25) is 0 Å². The molecule has 0 rings (SSSR count). The van der Waals surface area contributed by atoms with Crippen molar-refractivity contribution in [2.45, 2.75) is 58.5 Å². The van der Waals surface area contributed by atoms with Gasteiger partial charge >= 0.3 is 53.4 Å². The molecule has 23 heavy (non-hydrogen) atoms. The van der Waals surface area contributed by atoms with Crippen molar-refractivity contribution in [2.75, 3.05) is 0 Å². The Balaban J connectivity index is -0.00000220. The zero-order valence-corrected chi connectivity index (χ0v) is 15.9. The Kier molecular flexibility index (Phi) is 10.6. The zero-order valence-electron chi connectivity index (χ0n) is 14.9. The van der Waals surface area contributed by atoms with Crippen molar-refractivity contribution in [1.29, 1.82) is 0 Å². The van der Waals surface area contributed by atoms with E-state index in [4.69, 9.17) is 10.2 Å². The van der Waals surface area contributed by atoms with E-state index in [0.29, 0.717) is 19.3 Å². The van der Waals surface area contributed by atoms with E-state index in [1.807, 2.05) is 0 Å². The van der Waals surface area contributed by atoms with Crippen LogP contribution in [0, 0.1) is 5.41 Å². The second-order valence-corrected chi connectivity index (χ2v) is 5.19. The molecule has 0 radical (unpaired) electrons. The Morgan fingerprint density at radius 1 is 0.957 bits per heavy atom. The second-order valence-electron chi connectivity index (χ2n) is 5.19. The molecule has 0 spiro atoms. The van der Waals surface area contributed by atoms with Gasteiger partial charge in [0.25, 0.3) is 0 Å². The summed E-state index contributed by atoms with van der Waals surface area (Å²) in [6.07, 6.45) is -0.987. The molecule has 0 aromatic heterocycles. The van der Waals surface area contributed by atoms with E-state index < -0.39 is 47.7 Å². The quantitative estimate of drug-likeness (QED) is 0.250. The van der Waals surface area contributed by atoms with Crippen LogP contribution in [0.4, 0.5) is 0 Å². The topological polar surface area (TPSA) is 138 Å². The fourth-order valence-electron chi connectivity index (χ4n) is 2.13. The number of ether oxygens (including phenoxy) is 1. The minimum Gasteiger partial charge on any atom is -1.00 e. The molecule has 0 aromatic rings. The smallest absolute Gasteiger partial charge is 1.00 e. The summed E-state index contributed by atoms with van der Waals surface area (Å²) in [5.41, 5.74) is -3.67. The van der Waals surface area contributed by atoms with Gasteiger partial charge in [0.1, 0.15) is 0 Å². The van der Waals surface area contributed by atoms with E-state index >= 15 is 0 Å². The van der Waals surface area contributed by atoms with Crippen LogP contribution in [0.1, 0.15) is 54.3 Å². The van der Waals surface area contributed by atoms with Gasteiger partial charge in [-0.1, -0.05) is 20.8 Å². The molecule has 0 bridgehead atoms. The summed E-state index contributed by atoms with van der Waals surface area (Å²) in [4.78, 5) is 45.3. The van der Waals surface area contributed by atoms with E-state index in [0.717, 1.165) is 0 Å².